The average Bonchev–Trinajstić information content (AvgIpc) is 2.28. The van der Waals surface area contributed by atoms with Gasteiger partial charge in [-0.2, -0.15) is 0 Å². The maximum Gasteiger partial charge on any atom is 0.304 e. The molecule has 0 aromatic heterocycles. The van der Waals surface area contributed by atoms with Crippen molar-refractivity contribution in [1.82, 2.24) is 0 Å². The zero-order valence-corrected chi connectivity index (χ0v) is 7.17. The van der Waals surface area contributed by atoms with E-state index in [1.807, 2.05) is 0 Å². The number of hydrogen-bond donors (Lipinski definition) is 2. The third-order valence-electron chi connectivity index (χ3n) is 2.46. The first-order chi connectivity index (χ1) is 5.91. The van der Waals surface area contributed by atoms with Crippen LogP contribution in [0.1, 0.15) is 25.7 Å². The number of rotatable bonds is 3. The molecule has 1 aliphatic carbocycles. The average molecular weight is 193 g/mol. The lowest BCUT2D eigenvalue weighted by atomic mass is 9.96. The van der Waals surface area contributed by atoms with Gasteiger partial charge in [-0.15, -0.1) is 0 Å². The maximum atomic E-state index is 12.7. The van der Waals surface area contributed by atoms with Crippen LogP contribution in [0, 0.1) is 5.92 Å². The van der Waals surface area contributed by atoms with Crippen LogP contribution < -0.4 is 5.73 Å². The van der Waals surface area contributed by atoms with Gasteiger partial charge in [-0.1, -0.05) is 0 Å². The van der Waals surface area contributed by atoms with Gasteiger partial charge in [0.2, 0.25) is 5.92 Å². The third-order valence-corrected chi connectivity index (χ3v) is 2.46. The second-order valence-electron chi connectivity index (χ2n) is 3.62. The van der Waals surface area contributed by atoms with Gasteiger partial charge < -0.3 is 10.8 Å². The zero-order valence-electron chi connectivity index (χ0n) is 7.17. The molecule has 0 aromatic rings. The molecule has 0 aromatic carbocycles. The molecule has 13 heavy (non-hydrogen) atoms. The highest BCUT2D eigenvalue weighted by Crippen LogP contribution is 2.40. The maximum absolute atomic E-state index is 12.7. The van der Waals surface area contributed by atoms with E-state index in [0.29, 0.717) is 6.42 Å². The van der Waals surface area contributed by atoms with Crippen molar-refractivity contribution < 1.29 is 18.7 Å². The summed E-state index contributed by atoms with van der Waals surface area (Å²) in [6, 6.07) is -0.633. The number of carboxylic acids is 1. The van der Waals surface area contributed by atoms with Crippen LogP contribution >= 0.6 is 0 Å². The highest BCUT2D eigenvalue weighted by atomic mass is 19.3. The van der Waals surface area contributed by atoms with Crippen LogP contribution in [0.2, 0.25) is 0 Å². The highest BCUT2D eigenvalue weighted by Gasteiger charge is 2.41. The van der Waals surface area contributed by atoms with Crippen LogP contribution in [0.5, 0.6) is 0 Å². The van der Waals surface area contributed by atoms with Crippen LogP contribution in [0.3, 0.4) is 0 Å². The minimum Gasteiger partial charge on any atom is -0.481 e. The van der Waals surface area contributed by atoms with Gasteiger partial charge in [-0.05, 0) is 12.3 Å². The monoisotopic (exact) mass is 193 g/mol. The predicted molar refractivity (Wildman–Crippen MR) is 42.5 cm³/mol. The minimum absolute atomic E-state index is 0.162. The Hall–Kier alpha value is -0.710. The fourth-order valence-corrected chi connectivity index (χ4v) is 1.72. The molecule has 2 atom stereocenters. The fraction of sp³-hybridized carbons (Fsp3) is 0.875. The lowest BCUT2D eigenvalue weighted by Gasteiger charge is -2.16. The first kappa shape index (κ1) is 10.4. The summed E-state index contributed by atoms with van der Waals surface area (Å²) in [7, 11) is 0. The van der Waals surface area contributed by atoms with Crippen molar-refractivity contribution in [3.8, 4) is 0 Å². The van der Waals surface area contributed by atoms with Gasteiger partial charge in [0, 0.05) is 18.9 Å². The molecule has 0 saturated heterocycles. The summed E-state index contributed by atoms with van der Waals surface area (Å²) in [5.74, 6) is -4.00. The van der Waals surface area contributed by atoms with Crippen LogP contribution in [0.4, 0.5) is 8.78 Å². The molecule has 0 amide bonds. The van der Waals surface area contributed by atoms with Crippen molar-refractivity contribution in [2.75, 3.05) is 0 Å². The van der Waals surface area contributed by atoms with Crippen molar-refractivity contribution in [3.63, 3.8) is 0 Å². The number of alkyl halides is 2. The topological polar surface area (TPSA) is 63.3 Å². The van der Waals surface area contributed by atoms with Crippen LogP contribution in [-0.2, 0) is 4.79 Å². The molecule has 76 valence electrons. The summed E-state index contributed by atoms with van der Waals surface area (Å²) in [4.78, 5) is 10.3. The standard InChI is InChI=1S/C8H13F2NO2/c9-8(10)2-1-5(4-8)6(11)3-7(12)13/h5-6H,1-4,11H2,(H,12,13)/t5?,6-/m1/s1. The minimum atomic E-state index is -2.64. The Kier molecular flexibility index (Phi) is 2.85. The molecule has 1 aliphatic rings. The van der Waals surface area contributed by atoms with Gasteiger partial charge >= 0.3 is 5.97 Å². The normalized spacial score (nSPS) is 28.7. The Labute approximate surface area is 74.9 Å². The van der Waals surface area contributed by atoms with E-state index in [1.165, 1.54) is 0 Å². The van der Waals surface area contributed by atoms with E-state index in [1.54, 1.807) is 0 Å². The Morgan fingerprint density at radius 2 is 2.31 bits per heavy atom. The summed E-state index contributed by atoms with van der Waals surface area (Å²) in [5, 5.41) is 8.41. The number of halogens is 2. The van der Waals surface area contributed by atoms with Crippen molar-refractivity contribution in [2.45, 2.75) is 37.6 Å². The van der Waals surface area contributed by atoms with Gasteiger partial charge in [0.1, 0.15) is 0 Å². The number of carboxylic acid groups (broad SMARTS) is 1. The van der Waals surface area contributed by atoms with E-state index >= 15 is 0 Å². The first-order valence-corrected chi connectivity index (χ1v) is 4.26. The molecule has 5 heteroatoms. The largest absolute Gasteiger partial charge is 0.481 e. The first-order valence-electron chi connectivity index (χ1n) is 4.26. The molecule has 1 rings (SSSR count). The number of carbonyl (C=O) groups is 1. The molecule has 0 radical (unpaired) electrons. The number of nitrogens with two attached hydrogens (primary N) is 1. The van der Waals surface area contributed by atoms with E-state index in [4.69, 9.17) is 10.8 Å². The van der Waals surface area contributed by atoms with E-state index in [2.05, 4.69) is 0 Å². The second kappa shape index (κ2) is 3.57. The van der Waals surface area contributed by atoms with Crippen molar-refractivity contribution in [2.24, 2.45) is 11.7 Å². The quantitative estimate of drug-likeness (QED) is 0.708. The van der Waals surface area contributed by atoms with Crippen LogP contribution in [-0.4, -0.2) is 23.0 Å². The van der Waals surface area contributed by atoms with Crippen LogP contribution in [0.25, 0.3) is 0 Å². The molecule has 3 nitrogen and oxygen atoms in total. The fourth-order valence-electron chi connectivity index (χ4n) is 1.72. The molecule has 3 N–H and O–H groups in total. The Morgan fingerprint density at radius 3 is 2.69 bits per heavy atom. The Bertz CT molecular complexity index is 208. The Balaban J connectivity index is 2.42. The van der Waals surface area contributed by atoms with Crippen molar-refractivity contribution in [1.29, 1.82) is 0 Å². The van der Waals surface area contributed by atoms with Gasteiger partial charge in [0.25, 0.3) is 0 Å². The van der Waals surface area contributed by atoms with Gasteiger partial charge in [-0.25, -0.2) is 8.78 Å². The SMILES string of the molecule is N[C@H](CC(=O)O)C1CCC(F)(F)C1. The van der Waals surface area contributed by atoms with Gasteiger partial charge in [-0.3, -0.25) is 4.79 Å². The third kappa shape index (κ3) is 2.91. The summed E-state index contributed by atoms with van der Waals surface area (Å²) in [6.45, 7) is 0. The molecular weight excluding hydrogens is 180 g/mol. The van der Waals surface area contributed by atoms with Gasteiger partial charge in [0.05, 0.1) is 6.42 Å². The van der Waals surface area contributed by atoms with E-state index in [0.717, 1.165) is 0 Å². The molecule has 1 unspecified atom stereocenters. The summed E-state index contributed by atoms with van der Waals surface area (Å²) in [6.07, 6.45) is -0.311. The Morgan fingerprint density at radius 1 is 1.69 bits per heavy atom. The lowest BCUT2D eigenvalue weighted by molar-refractivity contribution is -0.137. The molecular formula is C8H13F2NO2. The molecule has 1 saturated carbocycles. The summed E-state index contributed by atoms with van der Waals surface area (Å²) < 4.78 is 25.4. The molecule has 0 bridgehead atoms. The smallest absolute Gasteiger partial charge is 0.304 e. The molecule has 0 aliphatic heterocycles. The van der Waals surface area contributed by atoms with E-state index < -0.39 is 17.9 Å². The number of hydrogen-bond acceptors (Lipinski definition) is 2. The van der Waals surface area contributed by atoms with Crippen molar-refractivity contribution >= 4 is 5.97 Å². The van der Waals surface area contributed by atoms with E-state index in [9.17, 15) is 13.6 Å². The summed E-state index contributed by atoms with van der Waals surface area (Å²) >= 11 is 0. The highest BCUT2D eigenvalue weighted by molar-refractivity contribution is 5.67. The molecule has 0 spiro atoms. The lowest BCUT2D eigenvalue weighted by Crippen LogP contribution is -2.31. The second-order valence-corrected chi connectivity index (χ2v) is 3.62. The molecule has 0 heterocycles. The van der Waals surface area contributed by atoms with Crippen LogP contribution in [0.15, 0.2) is 0 Å². The van der Waals surface area contributed by atoms with E-state index in [-0.39, 0.29) is 25.2 Å². The molecule has 1 fully saturated rings. The van der Waals surface area contributed by atoms with Gasteiger partial charge in [0.15, 0.2) is 0 Å². The number of aliphatic carboxylic acids is 1. The predicted octanol–water partition coefficient (Wildman–Crippen LogP) is 1.22. The van der Waals surface area contributed by atoms with Crippen molar-refractivity contribution in [3.05, 3.63) is 0 Å². The summed E-state index contributed by atoms with van der Waals surface area (Å²) in [5.41, 5.74) is 5.49. The zero-order chi connectivity index (χ0) is 10.1.